The Labute approximate surface area is 172 Å². The molecule has 2 atom stereocenters. The second-order valence-electron chi connectivity index (χ2n) is 8.02. The number of sulfonamides is 1. The summed E-state index contributed by atoms with van der Waals surface area (Å²) < 4.78 is 27.8. The Morgan fingerprint density at radius 2 is 1.76 bits per heavy atom. The Morgan fingerprint density at radius 1 is 1.07 bits per heavy atom. The van der Waals surface area contributed by atoms with E-state index in [-0.39, 0.29) is 0 Å². The van der Waals surface area contributed by atoms with E-state index in [4.69, 9.17) is 0 Å². The van der Waals surface area contributed by atoms with E-state index in [9.17, 15) is 8.42 Å². The van der Waals surface area contributed by atoms with Gasteiger partial charge in [0.1, 0.15) is 0 Å². The highest BCUT2D eigenvalue weighted by Crippen LogP contribution is 2.26. The quantitative estimate of drug-likeness (QED) is 0.669. The summed E-state index contributed by atoms with van der Waals surface area (Å²) in [7, 11) is -3.43. The zero-order valence-corrected chi connectivity index (χ0v) is 17.5. The molecular formula is C21H29N5O2S. The number of hydrazine groups is 1. The molecule has 2 aromatic rings. The van der Waals surface area contributed by atoms with Crippen LogP contribution in [0, 0.1) is 12.8 Å². The van der Waals surface area contributed by atoms with E-state index in [2.05, 4.69) is 25.5 Å². The van der Waals surface area contributed by atoms with Gasteiger partial charge in [0, 0.05) is 25.0 Å². The fourth-order valence-corrected chi connectivity index (χ4v) is 5.21. The van der Waals surface area contributed by atoms with Crippen molar-refractivity contribution < 1.29 is 8.42 Å². The van der Waals surface area contributed by atoms with Gasteiger partial charge in [-0.15, -0.1) is 0 Å². The van der Waals surface area contributed by atoms with Crippen molar-refractivity contribution >= 4 is 10.0 Å². The number of benzene rings is 1. The molecular weight excluding hydrogens is 386 g/mol. The summed E-state index contributed by atoms with van der Waals surface area (Å²) in [4.78, 5) is 6.88. The van der Waals surface area contributed by atoms with Crippen LogP contribution in [-0.4, -0.2) is 44.1 Å². The Hall–Kier alpha value is -1.84. The molecule has 3 N–H and O–H groups in total. The van der Waals surface area contributed by atoms with Gasteiger partial charge in [0.2, 0.25) is 10.0 Å². The highest BCUT2D eigenvalue weighted by atomic mass is 32.2. The number of nitrogens with zero attached hydrogens (tertiary/aromatic N) is 2. The van der Waals surface area contributed by atoms with Crippen molar-refractivity contribution in [3.05, 3.63) is 59.9 Å². The van der Waals surface area contributed by atoms with Gasteiger partial charge >= 0.3 is 0 Å². The van der Waals surface area contributed by atoms with Gasteiger partial charge in [0.05, 0.1) is 11.1 Å². The van der Waals surface area contributed by atoms with E-state index < -0.39 is 10.0 Å². The molecule has 3 heterocycles. The standard InChI is InChI=1S/C21H29N5O2S/c1-16-2-4-19(5-3-16)29(27,28)23-15-17-8-12-26(13-9-17)21-14-20(24-25-21)18-6-10-22-11-7-18/h2-7,10-11,17,20-21,23-25H,8-9,12-15H2,1H3. The summed E-state index contributed by atoms with van der Waals surface area (Å²) in [6.45, 7) is 4.39. The molecule has 0 saturated carbocycles. The summed E-state index contributed by atoms with van der Waals surface area (Å²) in [5.74, 6) is 0.372. The van der Waals surface area contributed by atoms with E-state index in [0.717, 1.165) is 37.9 Å². The van der Waals surface area contributed by atoms with Gasteiger partial charge < -0.3 is 0 Å². The third kappa shape index (κ3) is 5.02. The number of hydrogen-bond acceptors (Lipinski definition) is 6. The molecule has 0 bridgehead atoms. The lowest BCUT2D eigenvalue weighted by Crippen LogP contribution is -2.49. The van der Waals surface area contributed by atoms with Crippen molar-refractivity contribution in [1.29, 1.82) is 0 Å². The van der Waals surface area contributed by atoms with Crippen molar-refractivity contribution in [1.82, 2.24) is 25.5 Å². The van der Waals surface area contributed by atoms with Crippen molar-refractivity contribution in [3.8, 4) is 0 Å². The topological polar surface area (TPSA) is 86.4 Å². The Kier molecular flexibility index (Phi) is 6.26. The van der Waals surface area contributed by atoms with Crippen molar-refractivity contribution in [2.45, 2.75) is 43.3 Å². The second-order valence-corrected chi connectivity index (χ2v) is 9.78. The summed E-state index contributed by atoms with van der Waals surface area (Å²) in [6.07, 6.45) is 6.96. The van der Waals surface area contributed by atoms with Gasteiger partial charge in [-0.05, 0) is 75.0 Å². The number of aromatic nitrogens is 1. The average Bonchev–Trinajstić information content (AvgIpc) is 3.24. The first-order valence-corrected chi connectivity index (χ1v) is 11.7. The molecule has 2 fully saturated rings. The molecule has 156 valence electrons. The van der Waals surface area contributed by atoms with Crippen molar-refractivity contribution in [3.63, 3.8) is 0 Å². The first-order valence-electron chi connectivity index (χ1n) is 10.2. The zero-order valence-electron chi connectivity index (χ0n) is 16.7. The monoisotopic (exact) mass is 415 g/mol. The summed E-state index contributed by atoms with van der Waals surface area (Å²) in [6, 6.07) is 11.4. The first-order chi connectivity index (χ1) is 14.0. The highest BCUT2D eigenvalue weighted by Gasteiger charge is 2.32. The number of aryl methyl sites for hydroxylation is 1. The molecule has 29 heavy (non-hydrogen) atoms. The predicted octanol–water partition coefficient (Wildman–Crippen LogP) is 1.95. The summed E-state index contributed by atoms with van der Waals surface area (Å²) in [5.41, 5.74) is 9.10. The van der Waals surface area contributed by atoms with Crippen LogP contribution in [0.1, 0.15) is 36.4 Å². The molecule has 1 aromatic heterocycles. The molecule has 0 amide bonds. The fraction of sp³-hybridized carbons (Fsp3) is 0.476. The van der Waals surface area contributed by atoms with Crippen LogP contribution >= 0.6 is 0 Å². The fourth-order valence-electron chi connectivity index (χ4n) is 4.09. The Bertz CT molecular complexity index is 896. The highest BCUT2D eigenvalue weighted by molar-refractivity contribution is 7.89. The van der Waals surface area contributed by atoms with Crippen molar-refractivity contribution in [2.24, 2.45) is 5.92 Å². The van der Waals surface area contributed by atoms with Crippen LogP contribution in [0.5, 0.6) is 0 Å². The lowest BCUT2D eigenvalue weighted by molar-refractivity contribution is 0.120. The van der Waals surface area contributed by atoms with Gasteiger partial charge in [-0.1, -0.05) is 17.7 Å². The van der Waals surface area contributed by atoms with E-state index in [1.54, 1.807) is 12.1 Å². The summed E-state index contributed by atoms with van der Waals surface area (Å²) >= 11 is 0. The molecule has 0 radical (unpaired) electrons. The SMILES string of the molecule is Cc1ccc(S(=O)(=O)NCC2CCN(C3CC(c4ccncc4)NN3)CC2)cc1. The van der Waals surface area contributed by atoms with Gasteiger partial charge in [0.15, 0.2) is 0 Å². The van der Waals surface area contributed by atoms with E-state index in [1.807, 2.05) is 43.6 Å². The largest absolute Gasteiger partial charge is 0.287 e. The molecule has 1 aromatic carbocycles. The normalized spacial score (nSPS) is 24.0. The third-order valence-electron chi connectivity index (χ3n) is 5.97. The lowest BCUT2D eigenvalue weighted by Gasteiger charge is -2.35. The molecule has 7 nitrogen and oxygen atoms in total. The van der Waals surface area contributed by atoms with Crippen LogP contribution in [-0.2, 0) is 10.0 Å². The van der Waals surface area contributed by atoms with Crippen LogP contribution in [0.15, 0.2) is 53.7 Å². The number of nitrogens with one attached hydrogen (secondary N) is 3. The Morgan fingerprint density at radius 3 is 2.45 bits per heavy atom. The second kappa shape index (κ2) is 8.89. The molecule has 0 spiro atoms. The van der Waals surface area contributed by atoms with Crippen LogP contribution in [0.3, 0.4) is 0 Å². The molecule has 4 rings (SSSR count). The molecule has 2 aliphatic rings. The van der Waals surface area contributed by atoms with Crippen LogP contribution < -0.4 is 15.6 Å². The maximum atomic E-state index is 12.5. The number of likely N-dealkylation sites (tertiary alicyclic amines) is 1. The third-order valence-corrected chi connectivity index (χ3v) is 7.41. The van der Waals surface area contributed by atoms with Crippen LogP contribution in [0.2, 0.25) is 0 Å². The van der Waals surface area contributed by atoms with E-state index in [1.165, 1.54) is 5.56 Å². The van der Waals surface area contributed by atoms with E-state index in [0.29, 0.717) is 29.6 Å². The first kappa shape index (κ1) is 20.4. The minimum Gasteiger partial charge on any atom is -0.287 e. The number of hydrogen-bond donors (Lipinski definition) is 3. The van der Waals surface area contributed by atoms with Crippen LogP contribution in [0.4, 0.5) is 0 Å². The molecule has 2 unspecified atom stereocenters. The number of pyridine rings is 1. The Balaban J connectivity index is 1.24. The minimum absolute atomic E-state index is 0.294. The molecule has 8 heteroatoms. The van der Waals surface area contributed by atoms with Gasteiger partial charge in [-0.3, -0.25) is 9.88 Å². The van der Waals surface area contributed by atoms with Crippen LogP contribution in [0.25, 0.3) is 0 Å². The van der Waals surface area contributed by atoms with Gasteiger partial charge in [-0.25, -0.2) is 24.0 Å². The minimum atomic E-state index is -3.43. The van der Waals surface area contributed by atoms with Gasteiger partial charge in [-0.2, -0.15) is 0 Å². The van der Waals surface area contributed by atoms with Gasteiger partial charge in [0.25, 0.3) is 0 Å². The average molecular weight is 416 g/mol. The lowest BCUT2D eigenvalue weighted by atomic mass is 9.96. The summed E-state index contributed by atoms with van der Waals surface area (Å²) in [5, 5.41) is 0. The number of rotatable bonds is 6. The molecule has 2 aliphatic heterocycles. The predicted molar refractivity (Wildman–Crippen MR) is 112 cm³/mol. The molecule has 0 aliphatic carbocycles. The molecule has 2 saturated heterocycles. The van der Waals surface area contributed by atoms with E-state index >= 15 is 0 Å². The maximum Gasteiger partial charge on any atom is 0.240 e. The zero-order chi connectivity index (χ0) is 20.3. The maximum absolute atomic E-state index is 12.5. The van der Waals surface area contributed by atoms with Crippen molar-refractivity contribution in [2.75, 3.05) is 19.6 Å². The number of piperidine rings is 1. The smallest absolute Gasteiger partial charge is 0.240 e.